The minimum Gasteiger partial charge on any atom is -0.508 e. The largest absolute Gasteiger partial charge is 0.508 e. The molecule has 0 fully saturated rings. The van der Waals surface area contributed by atoms with E-state index in [2.05, 4.69) is 10.6 Å². The fourth-order valence-electron chi connectivity index (χ4n) is 1.86. The van der Waals surface area contributed by atoms with Gasteiger partial charge in [0.1, 0.15) is 11.6 Å². The lowest BCUT2D eigenvalue weighted by molar-refractivity contribution is 0.0927. The van der Waals surface area contributed by atoms with Crippen molar-refractivity contribution in [2.24, 2.45) is 0 Å². The highest BCUT2D eigenvalue weighted by Crippen LogP contribution is 2.24. The first-order valence-electron chi connectivity index (χ1n) is 6.88. The molecule has 2 aromatic carbocycles. The molecular formula is C16H13Cl2FN2O3. The van der Waals surface area contributed by atoms with Crippen molar-refractivity contribution in [1.82, 2.24) is 10.6 Å². The maximum Gasteiger partial charge on any atom is 0.252 e. The molecule has 0 aliphatic heterocycles. The average molecular weight is 371 g/mol. The van der Waals surface area contributed by atoms with Gasteiger partial charge in [-0.15, -0.1) is 0 Å². The Balaban J connectivity index is 1.84. The molecule has 0 radical (unpaired) electrons. The molecule has 0 aliphatic carbocycles. The van der Waals surface area contributed by atoms with Crippen molar-refractivity contribution in [3.05, 3.63) is 63.4 Å². The standard InChI is InChI=1S/C16H13Cl2FN2O3/c17-12-8-13(18)14(19)7-11(12)16(24)21-6-5-20-15(23)9-1-3-10(22)4-2-9/h1-4,7-8,22H,5-6H2,(H,20,23)(H,21,24). The molecule has 0 spiro atoms. The van der Waals surface area contributed by atoms with Gasteiger partial charge in [-0.1, -0.05) is 23.2 Å². The lowest BCUT2D eigenvalue weighted by atomic mass is 10.2. The van der Waals surface area contributed by atoms with Crippen LogP contribution < -0.4 is 10.6 Å². The van der Waals surface area contributed by atoms with E-state index in [1.807, 2.05) is 0 Å². The number of hydrogen-bond acceptors (Lipinski definition) is 3. The summed E-state index contributed by atoms with van der Waals surface area (Å²) in [5.41, 5.74) is 0.338. The molecule has 0 saturated carbocycles. The van der Waals surface area contributed by atoms with Gasteiger partial charge in [-0.25, -0.2) is 4.39 Å². The molecule has 0 heterocycles. The summed E-state index contributed by atoms with van der Waals surface area (Å²) in [6, 6.07) is 7.84. The molecule has 0 bridgehead atoms. The van der Waals surface area contributed by atoms with E-state index in [-0.39, 0.29) is 40.4 Å². The first-order valence-corrected chi connectivity index (χ1v) is 7.64. The summed E-state index contributed by atoms with van der Waals surface area (Å²) in [5, 5.41) is 14.1. The van der Waals surface area contributed by atoms with E-state index in [4.69, 9.17) is 28.3 Å². The van der Waals surface area contributed by atoms with Crippen LogP contribution in [0.1, 0.15) is 20.7 Å². The zero-order chi connectivity index (χ0) is 17.7. The van der Waals surface area contributed by atoms with Gasteiger partial charge in [-0.2, -0.15) is 0 Å². The van der Waals surface area contributed by atoms with Gasteiger partial charge in [0.2, 0.25) is 0 Å². The van der Waals surface area contributed by atoms with Gasteiger partial charge >= 0.3 is 0 Å². The number of carbonyl (C=O) groups is 2. The van der Waals surface area contributed by atoms with Crippen molar-refractivity contribution in [2.45, 2.75) is 0 Å². The lowest BCUT2D eigenvalue weighted by Gasteiger charge is -2.09. The van der Waals surface area contributed by atoms with Gasteiger partial charge < -0.3 is 15.7 Å². The van der Waals surface area contributed by atoms with Crippen LogP contribution in [0.4, 0.5) is 4.39 Å². The SMILES string of the molecule is O=C(NCCNC(=O)c1cc(F)c(Cl)cc1Cl)c1ccc(O)cc1. The van der Waals surface area contributed by atoms with Crippen LogP contribution >= 0.6 is 23.2 Å². The van der Waals surface area contributed by atoms with Crippen LogP contribution in [0.15, 0.2) is 36.4 Å². The fourth-order valence-corrected chi connectivity index (χ4v) is 2.33. The van der Waals surface area contributed by atoms with E-state index in [1.165, 1.54) is 24.3 Å². The summed E-state index contributed by atoms with van der Waals surface area (Å²) < 4.78 is 13.4. The summed E-state index contributed by atoms with van der Waals surface area (Å²) in [5.74, 6) is -1.60. The summed E-state index contributed by atoms with van der Waals surface area (Å²) in [7, 11) is 0. The molecule has 2 aromatic rings. The smallest absolute Gasteiger partial charge is 0.252 e. The van der Waals surface area contributed by atoms with E-state index >= 15 is 0 Å². The Morgan fingerprint density at radius 3 is 2.17 bits per heavy atom. The molecule has 0 aromatic heterocycles. The molecule has 0 saturated heterocycles. The second kappa shape index (κ2) is 7.99. The Labute approximate surface area is 147 Å². The normalized spacial score (nSPS) is 10.3. The summed E-state index contributed by atoms with van der Waals surface area (Å²) in [4.78, 5) is 23.8. The monoisotopic (exact) mass is 370 g/mol. The number of phenols is 1. The average Bonchev–Trinajstić information content (AvgIpc) is 2.55. The molecule has 24 heavy (non-hydrogen) atoms. The molecular weight excluding hydrogens is 358 g/mol. The maximum absolute atomic E-state index is 13.4. The molecule has 3 N–H and O–H groups in total. The van der Waals surface area contributed by atoms with Crippen LogP contribution in [0, 0.1) is 5.82 Å². The minimum absolute atomic E-state index is 0.0343. The number of nitrogens with one attached hydrogen (secondary N) is 2. The van der Waals surface area contributed by atoms with E-state index in [0.717, 1.165) is 12.1 Å². The Hall–Kier alpha value is -2.31. The summed E-state index contributed by atoms with van der Waals surface area (Å²) in [6.45, 7) is 0.294. The first-order chi connectivity index (χ1) is 11.4. The predicted molar refractivity (Wildman–Crippen MR) is 89.2 cm³/mol. The third-order valence-electron chi connectivity index (χ3n) is 3.08. The van der Waals surface area contributed by atoms with Crippen LogP contribution in [0.25, 0.3) is 0 Å². The molecule has 0 atom stereocenters. The van der Waals surface area contributed by atoms with Gasteiger partial charge in [0.25, 0.3) is 11.8 Å². The number of phenolic OH excluding ortho intramolecular Hbond substituents is 1. The topological polar surface area (TPSA) is 78.4 Å². The van der Waals surface area contributed by atoms with Gasteiger partial charge in [-0.3, -0.25) is 9.59 Å². The number of benzene rings is 2. The van der Waals surface area contributed by atoms with Crippen molar-refractivity contribution in [3.8, 4) is 5.75 Å². The van der Waals surface area contributed by atoms with Crippen molar-refractivity contribution in [1.29, 1.82) is 0 Å². The molecule has 2 rings (SSSR count). The quantitative estimate of drug-likeness (QED) is 0.559. The van der Waals surface area contributed by atoms with E-state index < -0.39 is 11.7 Å². The summed E-state index contributed by atoms with van der Waals surface area (Å²) in [6.07, 6.45) is 0. The number of rotatable bonds is 5. The fraction of sp³-hybridized carbons (Fsp3) is 0.125. The van der Waals surface area contributed by atoms with Crippen LogP contribution in [0.5, 0.6) is 5.75 Å². The predicted octanol–water partition coefficient (Wildman–Crippen LogP) is 3.00. The second-order valence-electron chi connectivity index (χ2n) is 4.80. The van der Waals surface area contributed by atoms with Crippen molar-refractivity contribution < 1.29 is 19.1 Å². The van der Waals surface area contributed by atoms with Crippen LogP contribution in [-0.2, 0) is 0 Å². The highest BCUT2D eigenvalue weighted by molar-refractivity contribution is 6.36. The van der Waals surface area contributed by atoms with Crippen LogP contribution in [-0.4, -0.2) is 30.0 Å². The van der Waals surface area contributed by atoms with Gasteiger partial charge in [0, 0.05) is 18.7 Å². The molecule has 0 aliphatic rings. The third-order valence-corrected chi connectivity index (χ3v) is 3.68. The zero-order valence-electron chi connectivity index (χ0n) is 12.3. The Bertz CT molecular complexity index is 767. The number of carbonyl (C=O) groups excluding carboxylic acids is 2. The van der Waals surface area contributed by atoms with Crippen molar-refractivity contribution in [3.63, 3.8) is 0 Å². The molecule has 5 nitrogen and oxygen atoms in total. The van der Waals surface area contributed by atoms with Crippen LogP contribution in [0.2, 0.25) is 10.0 Å². The number of hydrogen-bond donors (Lipinski definition) is 3. The highest BCUT2D eigenvalue weighted by Gasteiger charge is 2.14. The van der Waals surface area contributed by atoms with Crippen LogP contribution in [0.3, 0.4) is 0 Å². The number of halogens is 3. The Morgan fingerprint density at radius 2 is 1.54 bits per heavy atom. The van der Waals surface area contributed by atoms with E-state index in [0.29, 0.717) is 5.56 Å². The van der Waals surface area contributed by atoms with E-state index in [9.17, 15) is 14.0 Å². The lowest BCUT2D eigenvalue weighted by Crippen LogP contribution is -2.34. The Kier molecular flexibility index (Phi) is 6.00. The maximum atomic E-state index is 13.4. The zero-order valence-corrected chi connectivity index (χ0v) is 13.8. The van der Waals surface area contributed by atoms with E-state index in [1.54, 1.807) is 0 Å². The number of aromatic hydroxyl groups is 1. The highest BCUT2D eigenvalue weighted by atomic mass is 35.5. The molecule has 126 valence electrons. The molecule has 0 unspecified atom stereocenters. The number of amides is 2. The van der Waals surface area contributed by atoms with Crippen molar-refractivity contribution in [2.75, 3.05) is 13.1 Å². The second-order valence-corrected chi connectivity index (χ2v) is 5.62. The van der Waals surface area contributed by atoms with Gasteiger partial charge in [0.05, 0.1) is 15.6 Å². The molecule has 8 heteroatoms. The third kappa shape index (κ3) is 4.59. The van der Waals surface area contributed by atoms with Crippen molar-refractivity contribution >= 4 is 35.0 Å². The molecule has 2 amide bonds. The van der Waals surface area contributed by atoms with Gasteiger partial charge in [-0.05, 0) is 36.4 Å². The summed E-state index contributed by atoms with van der Waals surface area (Å²) >= 11 is 11.4. The Morgan fingerprint density at radius 1 is 0.958 bits per heavy atom. The van der Waals surface area contributed by atoms with Gasteiger partial charge in [0.15, 0.2) is 0 Å². The first kappa shape index (κ1) is 18.0. The minimum atomic E-state index is -0.744.